The van der Waals surface area contributed by atoms with Gasteiger partial charge in [-0.2, -0.15) is 0 Å². The Kier molecular flexibility index (Phi) is 6.29. The molecule has 4 rings (SSSR count). The molecular formula is C27H28O3. The molecule has 0 unspecified atom stereocenters. The predicted molar refractivity (Wildman–Crippen MR) is 118 cm³/mol. The molecule has 0 saturated heterocycles. The molecular weight excluding hydrogens is 372 g/mol. The summed E-state index contributed by atoms with van der Waals surface area (Å²) in [6.45, 7) is 0. The van der Waals surface area contributed by atoms with E-state index in [1.165, 1.54) is 7.11 Å². The molecule has 0 bridgehead atoms. The average molecular weight is 401 g/mol. The molecule has 0 spiro atoms. The Labute approximate surface area is 178 Å². The highest BCUT2D eigenvalue weighted by Crippen LogP contribution is 2.43. The molecule has 1 aliphatic rings. The third kappa shape index (κ3) is 4.03. The Morgan fingerprint density at radius 1 is 0.700 bits per heavy atom. The number of carbonyl (C=O) groups is 1. The molecule has 0 aromatic heterocycles. The van der Waals surface area contributed by atoms with Crippen LogP contribution in [0.1, 0.15) is 42.4 Å². The predicted octanol–water partition coefficient (Wildman–Crippen LogP) is 5.73. The zero-order valence-electron chi connectivity index (χ0n) is 17.4. The van der Waals surface area contributed by atoms with Gasteiger partial charge in [-0.25, -0.2) is 0 Å². The lowest BCUT2D eigenvalue weighted by Crippen LogP contribution is -2.39. The zero-order chi connectivity index (χ0) is 20.8. The topological polar surface area (TPSA) is 35.5 Å². The van der Waals surface area contributed by atoms with Gasteiger partial charge in [0.15, 0.2) is 0 Å². The smallest absolute Gasteiger partial charge is 0.308 e. The lowest BCUT2D eigenvalue weighted by atomic mass is 9.79. The summed E-state index contributed by atoms with van der Waals surface area (Å²) in [6.07, 6.45) is 3.34. The summed E-state index contributed by atoms with van der Waals surface area (Å²) in [7, 11) is 1.47. The van der Waals surface area contributed by atoms with E-state index in [2.05, 4.69) is 72.8 Å². The maximum Gasteiger partial charge on any atom is 0.308 e. The van der Waals surface area contributed by atoms with Gasteiger partial charge in [0, 0.05) is 0 Å². The van der Waals surface area contributed by atoms with Crippen molar-refractivity contribution < 1.29 is 14.3 Å². The van der Waals surface area contributed by atoms with Crippen LogP contribution in [0, 0.1) is 5.92 Å². The van der Waals surface area contributed by atoms with Gasteiger partial charge in [-0.15, -0.1) is 0 Å². The SMILES string of the molecule is COC(=O)C1CCC(OC(c2ccccc2)(c2ccccc2)c2ccccc2)CC1. The van der Waals surface area contributed by atoms with Gasteiger partial charge >= 0.3 is 5.97 Å². The Hall–Kier alpha value is -2.91. The minimum absolute atomic E-state index is 0.0191. The highest BCUT2D eigenvalue weighted by atomic mass is 16.5. The molecule has 1 fully saturated rings. The van der Waals surface area contributed by atoms with Crippen molar-refractivity contribution in [3.8, 4) is 0 Å². The van der Waals surface area contributed by atoms with Gasteiger partial charge in [0.25, 0.3) is 0 Å². The van der Waals surface area contributed by atoms with Gasteiger partial charge < -0.3 is 9.47 Å². The lowest BCUT2D eigenvalue weighted by Gasteiger charge is -2.40. The van der Waals surface area contributed by atoms with Crippen LogP contribution in [0.15, 0.2) is 91.0 Å². The summed E-state index contributed by atoms with van der Waals surface area (Å²) in [5.74, 6) is -0.122. The van der Waals surface area contributed by atoms with Crippen molar-refractivity contribution >= 4 is 5.97 Å². The molecule has 3 aromatic carbocycles. The van der Waals surface area contributed by atoms with E-state index in [0.29, 0.717) is 0 Å². The fraction of sp³-hybridized carbons (Fsp3) is 0.296. The van der Waals surface area contributed by atoms with Gasteiger partial charge in [-0.1, -0.05) is 91.0 Å². The van der Waals surface area contributed by atoms with Gasteiger partial charge in [-0.3, -0.25) is 4.79 Å². The molecule has 30 heavy (non-hydrogen) atoms. The molecule has 0 N–H and O–H groups in total. The first-order chi connectivity index (χ1) is 14.7. The van der Waals surface area contributed by atoms with Crippen LogP contribution in [0.4, 0.5) is 0 Å². The normalized spacial score (nSPS) is 19.2. The van der Waals surface area contributed by atoms with Crippen LogP contribution in [-0.4, -0.2) is 19.2 Å². The maximum atomic E-state index is 12.0. The van der Waals surface area contributed by atoms with Gasteiger partial charge in [0.1, 0.15) is 5.60 Å². The molecule has 1 saturated carbocycles. The Morgan fingerprint density at radius 3 is 1.47 bits per heavy atom. The third-order valence-corrected chi connectivity index (χ3v) is 6.09. The Balaban J connectivity index is 1.75. The van der Waals surface area contributed by atoms with E-state index in [1.807, 2.05) is 18.2 Å². The second-order valence-electron chi connectivity index (χ2n) is 7.89. The number of methoxy groups -OCH3 is 1. The van der Waals surface area contributed by atoms with Gasteiger partial charge in [-0.05, 0) is 42.4 Å². The van der Waals surface area contributed by atoms with Crippen LogP contribution in [0.25, 0.3) is 0 Å². The van der Waals surface area contributed by atoms with Crippen molar-refractivity contribution in [3.05, 3.63) is 108 Å². The molecule has 3 aromatic rings. The number of rotatable bonds is 6. The fourth-order valence-corrected chi connectivity index (χ4v) is 4.56. The Bertz CT molecular complexity index is 833. The molecule has 0 atom stereocenters. The molecule has 0 amide bonds. The van der Waals surface area contributed by atoms with Gasteiger partial charge in [0.05, 0.1) is 19.1 Å². The van der Waals surface area contributed by atoms with Crippen molar-refractivity contribution in [2.24, 2.45) is 5.92 Å². The summed E-state index contributed by atoms with van der Waals surface area (Å²) < 4.78 is 12.0. The van der Waals surface area contributed by atoms with Crippen LogP contribution in [0.5, 0.6) is 0 Å². The summed E-state index contributed by atoms with van der Waals surface area (Å²) >= 11 is 0. The summed E-state index contributed by atoms with van der Waals surface area (Å²) in [5.41, 5.74) is 2.62. The van der Waals surface area contributed by atoms with E-state index in [9.17, 15) is 4.79 Å². The van der Waals surface area contributed by atoms with E-state index in [0.717, 1.165) is 42.4 Å². The summed E-state index contributed by atoms with van der Waals surface area (Å²) in [5, 5.41) is 0. The van der Waals surface area contributed by atoms with Crippen LogP contribution in [0.2, 0.25) is 0 Å². The summed E-state index contributed by atoms with van der Waals surface area (Å²) in [4.78, 5) is 12.0. The van der Waals surface area contributed by atoms with Crippen molar-refractivity contribution in [1.82, 2.24) is 0 Å². The minimum atomic E-state index is -0.702. The maximum absolute atomic E-state index is 12.0. The molecule has 3 nitrogen and oxygen atoms in total. The van der Waals surface area contributed by atoms with E-state index in [-0.39, 0.29) is 18.0 Å². The van der Waals surface area contributed by atoms with Crippen LogP contribution < -0.4 is 0 Å². The second kappa shape index (κ2) is 9.27. The van der Waals surface area contributed by atoms with E-state index in [1.54, 1.807) is 0 Å². The number of benzene rings is 3. The highest BCUT2D eigenvalue weighted by Gasteiger charge is 2.41. The molecule has 154 valence electrons. The fourth-order valence-electron chi connectivity index (χ4n) is 4.56. The molecule has 1 aliphatic carbocycles. The highest BCUT2D eigenvalue weighted by molar-refractivity contribution is 5.72. The van der Waals surface area contributed by atoms with Crippen molar-refractivity contribution in [2.45, 2.75) is 37.4 Å². The van der Waals surface area contributed by atoms with Crippen LogP contribution in [-0.2, 0) is 19.9 Å². The van der Waals surface area contributed by atoms with E-state index < -0.39 is 5.60 Å². The number of hydrogen-bond acceptors (Lipinski definition) is 3. The van der Waals surface area contributed by atoms with Crippen LogP contribution in [0.3, 0.4) is 0 Å². The molecule has 0 radical (unpaired) electrons. The number of esters is 1. The van der Waals surface area contributed by atoms with Crippen molar-refractivity contribution in [3.63, 3.8) is 0 Å². The largest absolute Gasteiger partial charge is 0.469 e. The zero-order valence-corrected chi connectivity index (χ0v) is 17.4. The summed E-state index contributed by atoms with van der Waals surface area (Å²) in [6, 6.07) is 31.3. The van der Waals surface area contributed by atoms with Crippen LogP contribution >= 0.6 is 0 Å². The second-order valence-corrected chi connectivity index (χ2v) is 7.89. The van der Waals surface area contributed by atoms with Gasteiger partial charge in [0.2, 0.25) is 0 Å². The standard InChI is InChI=1S/C27H28O3/c1-29-26(28)21-17-19-25(20-18-21)30-27(22-11-5-2-6-12-22,23-13-7-3-8-14-23)24-15-9-4-10-16-24/h2-16,21,25H,17-20H2,1H3. The number of ether oxygens (including phenoxy) is 2. The quantitative estimate of drug-likeness (QED) is 0.392. The van der Waals surface area contributed by atoms with Crippen molar-refractivity contribution in [2.75, 3.05) is 7.11 Å². The Morgan fingerprint density at radius 2 is 1.10 bits per heavy atom. The minimum Gasteiger partial charge on any atom is -0.469 e. The number of carbonyl (C=O) groups excluding carboxylic acids is 1. The molecule has 0 heterocycles. The monoisotopic (exact) mass is 400 g/mol. The first-order valence-electron chi connectivity index (χ1n) is 10.7. The number of hydrogen-bond donors (Lipinski definition) is 0. The third-order valence-electron chi connectivity index (χ3n) is 6.09. The first kappa shape index (κ1) is 20.4. The van der Waals surface area contributed by atoms with Crippen molar-refractivity contribution in [1.29, 1.82) is 0 Å². The molecule has 3 heteroatoms. The average Bonchev–Trinajstić information content (AvgIpc) is 2.84. The van der Waals surface area contributed by atoms with E-state index in [4.69, 9.17) is 9.47 Å². The first-order valence-corrected chi connectivity index (χ1v) is 10.7. The van der Waals surface area contributed by atoms with E-state index >= 15 is 0 Å². The lowest BCUT2D eigenvalue weighted by molar-refractivity contribution is -0.148. The molecule has 0 aliphatic heterocycles.